The molecule has 3 rings (SSSR count). The van der Waals surface area contributed by atoms with Crippen LogP contribution < -0.4 is 20.8 Å². The van der Waals surface area contributed by atoms with Gasteiger partial charge in [-0.15, -0.1) is 0 Å². The Morgan fingerprint density at radius 3 is 2.56 bits per heavy atom. The van der Waals surface area contributed by atoms with Crippen molar-refractivity contribution in [2.45, 2.75) is 51.6 Å². The van der Waals surface area contributed by atoms with E-state index in [1.54, 1.807) is 18.6 Å². The molecule has 0 fully saturated rings. The molecule has 0 unspecified atom stereocenters. The molecule has 2 aromatic rings. The molecule has 182 valence electrons. The number of allylic oxidation sites excluding steroid dienone is 1. The van der Waals surface area contributed by atoms with Crippen molar-refractivity contribution in [2.24, 2.45) is 0 Å². The number of amides is 2. The van der Waals surface area contributed by atoms with Crippen molar-refractivity contribution < 1.29 is 19.4 Å². The minimum absolute atomic E-state index is 0.100. The first-order valence-electron chi connectivity index (χ1n) is 11.7. The molecule has 8 nitrogen and oxygen atoms in total. The number of pyridine rings is 1. The minimum Gasteiger partial charge on any atom is -0.496 e. The number of carbonyl (C=O) groups is 2. The Kier molecular flexibility index (Phi) is 9.04. The predicted molar refractivity (Wildman–Crippen MR) is 130 cm³/mol. The monoisotopic (exact) mass is 467 g/mol. The summed E-state index contributed by atoms with van der Waals surface area (Å²) in [5.74, 6) is -0.491. The number of nitrogens with zero attached hydrogens (tertiary/aromatic N) is 1. The second-order valence-corrected chi connectivity index (χ2v) is 8.57. The zero-order valence-corrected chi connectivity index (χ0v) is 19.8. The highest BCUT2D eigenvalue weighted by molar-refractivity contribution is 5.99. The quantitative estimate of drug-likeness (QED) is 0.466. The Labute approximate surface area is 199 Å². The van der Waals surface area contributed by atoms with E-state index in [1.165, 1.54) is 24.4 Å². The number of aliphatic hydroxyl groups excluding tert-OH is 1. The van der Waals surface area contributed by atoms with E-state index in [-0.39, 0.29) is 17.7 Å². The number of benzene rings is 1. The van der Waals surface area contributed by atoms with Crippen LogP contribution in [0.2, 0.25) is 0 Å². The number of aliphatic hydroxyl groups is 1. The van der Waals surface area contributed by atoms with Crippen LogP contribution in [0.5, 0.6) is 5.75 Å². The van der Waals surface area contributed by atoms with Gasteiger partial charge in [-0.2, -0.15) is 0 Å². The molecular formula is C26H33N3O5. The lowest BCUT2D eigenvalue weighted by Crippen LogP contribution is -2.40. The molecule has 0 saturated heterocycles. The molecule has 0 radical (unpaired) electrons. The summed E-state index contributed by atoms with van der Waals surface area (Å²) in [6.45, 7) is 2.08. The van der Waals surface area contributed by atoms with Crippen molar-refractivity contribution in [3.8, 4) is 5.75 Å². The van der Waals surface area contributed by atoms with E-state index in [0.29, 0.717) is 18.8 Å². The van der Waals surface area contributed by atoms with E-state index in [0.717, 1.165) is 31.2 Å². The van der Waals surface area contributed by atoms with E-state index < -0.39 is 23.3 Å². The molecule has 0 spiro atoms. The van der Waals surface area contributed by atoms with Crippen LogP contribution in [-0.2, 0) is 6.54 Å². The lowest BCUT2D eigenvalue weighted by molar-refractivity contribution is 0.0920. The molecule has 1 atom stereocenters. The number of methoxy groups -OCH3 is 1. The first kappa shape index (κ1) is 25.2. The SMILES string of the molecule is COc1ccccc1Cn1cc(C(=O)NCCC2=CCCCC2)c(=O)c(C(=O)N[C@H](C)CO)c1. The summed E-state index contributed by atoms with van der Waals surface area (Å²) in [7, 11) is 1.57. The first-order chi connectivity index (χ1) is 16.4. The summed E-state index contributed by atoms with van der Waals surface area (Å²) in [6, 6.07) is 6.88. The standard InChI is InChI=1S/C26H33N3O5/c1-18(17-30)28-26(33)22-16-29(14-20-10-6-7-11-23(20)34-2)15-21(24(22)31)25(32)27-13-12-19-8-4-3-5-9-19/h6-8,10-11,15-16,18,30H,3-5,9,12-14,17H2,1-2H3,(H,27,32)(H,28,33)/t18-/m1/s1. The van der Waals surface area contributed by atoms with Crippen molar-refractivity contribution >= 4 is 11.8 Å². The minimum atomic E-state index is -0.645. The topological polar surface area (TPSA) is 110 Å². The Hall–Kier alpha value is -3.39. The average molecular weight is 468 g/mol. The second kappa shape index (κ2) is 12.2. The normalized spacial score (nSPS) is 14.1. The van der Waals surface area contributed by atoms with Crippen LogP contribution in [0.25, 0.3) is 0 Å². The maximum atomic E-state index is 13.1. The van der Waals surface area contributed by atoms with E-state index in [1.807, 2.05) is 24.3 Å². The van der Waals surface area contributed by atoms with Gasteiger partial charge in [0.25, 0.3) is 11.8 Å². The third kappa shape index (κ3) is 6.57. The Morgan fingerprint density at radius 1 is 1.15 bits per heavy atom. The van der Waals surface area contributed by atoms with Crippen molar-refractivity contribution in [1.82, 2.24) is 15.2 Å². The van der Waals surface area contributed by atoms with Crippen molar-refractivity contribution in [3.63, 3.8) is 0 Å². The van der Waals surface area contributed by atoms with Gasteiger partial charge in [0.05, 0.1) is 20.3 Å². The zero-order valence-electron chi connectivity index (χ0n) is 19.8. The van der Waals surface area contributed by atoms with Gasteiger partial charge >= 0.3 is 0 Å². The Bertz CT molecular complexity index is 1110. The highest BCUT2D eigenvalue weighted by atomic mass is 16.5. The molecule has 8 heteroatoms. The molecule has 0 aliphatic heterocycles. The molecule has 3 N–H and O–H groups in total. The molecule has 1 aromatic carbocycles. The summed E-state index contributed by atoms with van der Waals surface area (Å²) in [4.78, 5) is 38.8. The van der Waals surface area contributed by atoms with Gasteiger partial charge in [0.2, 0.25) is 5.43 Å². The lowest BCUT2D eigenvalue weighted by Gasteiger charge is -2.16. The molecular weight excluding hydrogens is 434 g/mol. The number of para-hydroxylation sites is 1. The summed E-state index contributed by atoms with van der Waals surface area (Å²) in [5, 5.41) is 14.7. The van der Waals surface area contributed by atoms with Crippen LogP contribution >= 0.6 is 0 Å². The van der Waals surface area contributed by atoms with Crippen LogP contribution in [0, 0.1) is 0 Å². The third-order valence-electron chi connectivity index (χ3n) is 5.88. The largest absolute Gasteiger partial charge is 0.496 e. The predicted octanol–water partition coefficient (Wildman–Crippen LogP) is 2.64. The van der Waals surface area contributed by atoms with E-state index >= 15 is 0 Å². The summed E-state index contributed by atoms with van der Waals surface area (Å²) < 4.78 is 7.04. The fourth-order valence-electron chi connectivity index (χ4n) is 3.99. The molecule has 34 heavy (non-hydrogen) atoms. The smallest absolute Gasteiger partial charge is 0.257 e. The number of carbonyl (C=O) groups excluding carboxylic acids is 2. The molecule has 1 heterocycles. The summed E-state index contributed by atoms with van der Waals surface area (Å²) >= 11 is 0. The highest BCUT2D eigenvalue weighted by Crippen LogP contribution is 2.20. The Morgan fingerprint density at radius 2 is 1.88 bits per heavy atom. The van der Waals surface area contributed by atoms with Crippen LogP contribution in [0.15, 0.2) is 53.1 Å². The van der Waals surface area contributed by atoms with Crippen molar-refractivity contribution in [3.05, 3.63) is 75.2 Å². The number of aromatic nitrogens is 1. The van der Waals surface area contributed by atoms with Gasteiger partial charge in [0.1, 0.15) is 16.9 Å². The second-order valence-electron chi connectivity index (χ2n) is 8.57. The van der Waals surface area contributed by atoms with E-state index in [2.05, 4.69) is 16.7 Å². The summed E-state index contributed by atoms with van der Waals surface area (Å²) in [5.41, 5.74) is 1.26. The van der Waals surface area contributed by atoms with Crippen molar-refractivity contribution in [1.29, 1.82) is 0 Å². The molecule has 1 aromatic heterocycles. The molecule has 0 bridgehead atoms. The highest BCUT2D eigenvalue weighted by Gasteiger charge is 2.21. The number of hydrogen-bond acceptors (Lipinski definition) is 5. The van der Waals surface area contributed by atoms with Crippen LogP contribution in [0.3, 0.4) is 0 Å². The fraction of sp³-hybridized carbons (Fsp3) is 0.423. The molecule has 0 saturated carbocycles. The summed E-state index contributed by atoms with van der Waals surface area (Å²) in [6.07, 6.45) is 10.3. The van der Waals surface area contributed by atoms with Gasteiger partial charge in [-0.3, -0.25) is 14.4 Å². The molecule has 2 amide bonds. The zero-order chi connectivity index (χ0) is 24.5. The van der Waals surface area contributed by atoms with Crippen molar-refractivity contribution in [2.75, 3.05) is 20.3 Å². The lowest BCUT2D eigenvalue weighted by atomic mass is 9.97. The van der Waals surface area contributed by atoms with Crippen LogP contribution in [-0.4, -0.2) is 47.8 Å². The number of nitrogens with one attached hydrogen (secondary N) is 2. The van der Waals surface area contributed by atoms with Gasteiger partial charge in [0, 0.05) is 30.5 Å². The number of rotatable bonds is 10. The van der Waals surface area contributed by atoms with E-state index in [4.69, 9.17) is 4.74 Å². The molecule has 1 aliphatic rings. The van der Waals surface area contributed by atoms with Gasteiger partial charge in [-0.25, -0.2) is 0 Å². The number of hydrogen-bond donors (Lipinski definition) is 3. The van der Waals surface area contributed by atoms with Crippen LogP contribution in [0.4, 0.5) is 0 Å². The molecule has 1 aliphatic carbocycles. The van der Waals surface area contributed by atoms with Gasteiger partial charge in [0.15, 0.2) is 0 Å². The van der Waals surface area contributed by atoms with Gasteiger partial charge in [-0.1, -0.05) is 29.8 Å². The van der Waals surface area contributed by atoms with Gasteiger partial charge in [-0.05, 0) is 45.1 Å². The van der Waals surface area contributed by atoms with Crippen LogP contribution in [0.1, 0.15) is 65.3 Å². The maximum Gasteiger partial charge on any atom is 0.257 e. The third-order valence-corrected chi connectivity index (χ3v) is 5.88. The first-order valence-corrected chi connectivity index (χ1v) is 11.7. The van der Waals surface area contributed by atoms with Gasteiger partial charge < -0.3 is 25.0 Å². The maximum absolute atomic E-state index is 13.1. The Balaban J connectivity index is 1.88. The van der Waals surface area contributed by atoms with E-state index in [9.17, 15) is 19.5 Å². The number of ether oxygens (including phenoxy) is 1. The average Bonchev–Trinajstić information content (AvgIpc) is 2.85. The fourth-order valence-corrected chi connectivity index (χ4v) is 3.99.